The van der Waals surface area contributed by atoms with E-state index in [4.69, 9.17) is 47.0 Å². The molecule has 8 heterocycles. The average molecular weight is 1380 g/mol. The van der Waals surface area contributed by atoms with Crippen molar-refractivity contribution in [2.24, 2.45) is 35.5 Å². The molecule has 0 bridgehead atoms. The monoisotopic (exact) mass is 1380 g/mol. The van der Waals surface area contributed by atoms with E-state index < -0.39 is 11.9 Å². The van der Waals surface area contributed by atoms with Gasteiger partial charge in [-0.05, 0) is 283 Å². The molecule has 14 rings (SSSR count). The van der Waals surface area contributed by atoms with E-state index in [2.05, 4.69) is 134 Å². The molecule has 3 saturated heterocycles. The van der Waals surface area contributed by atoms with Crippen molar-refractivity contribution in [1.29, 1.82) is 0 Å². The van der Waals surface area contributed by atoms with Crippen LogP contribution in [0.3, 0.4) is 0 Å². The first-order valence-corrected chi connectivity index (χ1v) is 36.6. The van der Waals surface area contributed by atoms with Gasteiger partial charge in [0, 0.05) is 73.2 Å². The van der Waals surface area contributed by atoms with Crippen molar-refractivity contribution < 1.29 is 56.6 Å². The van der Waals surface area contributed by atoms with Gasteiger partial charge in [-0.25, -0.2) is 9.59 Å². The van der Waals surface area contributed by atoms with Crippen LogP contribution < -0.4 is 19.5 Å². The van der Waals surface area contributed by atoms with Crippen molar-refractivity contribution in [2.75, 3.05) is 101 Å². The maximum atomic E-state index is 9.55. The van der Waals surface area contributed by atoms with E-state index in [1.807, 2.05) is 26.0 Å². The summed E-state index contributed by atoms with van der Waals surface area (Å²) in [4.78, 5) is 30.6. The normalized spacial score (nSPS) is 17.5. The summed E-state index contributed by atoms with van der Waals surface area (Å²) in [5, 5.41) is 44.2. The van der Waals surface area contributed by atoms with Crippen LogP contribution in [-0.2, 0) is 61.6 Å². The number of piperidine rings is 3. The Morgan fingerprint density at radius 1 is 0.460 bits per heavy atom. The highest BCUT2D eigenvalue weighted by atomic mass is 16.5. The number of benzene rings is 3. The number of nitrogens with zero attached hydrogens (tertiary/aromatic N) is 10. The van der Waals surface area contributed by atoms with Crippen LogP contribution in [0.25, 0.3) is 32.9 Å². The molecule has 3 aliphatic carbocycles. The lowest BCUT2D eigenvalue weighted by atomic mass is 9.91. The third-order valence-electron chi connectivity index (χ3n) is 20.0. The van der Waals surface area contributed by atoms with E-state index in [0.29, 0.717) is 12.2 Å². The Kier molecular flexibility index (Phi) is 26.3. The van der Waals surface area contributed by atoms with Crippen LogP contribution in [0.2, 0.25) is 0 Å². The molecule has 3 aliphatic heterocycles. The van der Waals surface area contributed by atoms with E-state index >= 15 is 0 Å². The van der Waals surface area contributed by atoms with Crippen molar-refractivity contribution in [3.63, 3.8) is 0 Å². The first kappa shape index (κ1) is 73.5. The van der Waals surface area contributed by atoms with Crippen LogP contribution in [0, 0.1) is 49.4 Å². The molecule has 0 spiro atoms. The first-order valence-electron chi connectivity index (χ1n) is 36.6. The molecule has 3 saturated carbocycles. The average Bonchev–Trinajstić information content (AvgIpc) is 1.62. The van der Waals surface area contributed by atoms with Crippen LogP contribution >= 0.6 is 0 Å². The largest absolute Gasteiger partial charge is 0.493 e. The molecule has 8 aromatic rings. The maximum Gasteiger partial charge on any atom is 0.328 e. The maximum absolute atomic E-state index is 9.55. The number of nitrogens with one attached hydrogen (secondary N) is 1. The molecule has 542 valence electrons. The number of aryl methyl sites for hydroxylation is 5. The second-order valence-electron chi connectivity index (χ2n) is 29.7. The lowest BCUT2D eigenvalue weighted by Crippen LogP contribution is -2.33. The lowest BCUT2D eigenvalue weighted by Gasteiger charge is -2.31. The topological polar surface area (TPSA) is 261 Å². The number of rotatable bonds is 30. The number of aliphatic carboxylic acids is 2. The molecule has 23 heteroatoms. The van der Waals surface area contributed by atoms with Gasteiger partial charge in [-0.2, -0.15) is 0 Å². The summed E-state index contributed by atoms with van der Waals surface area (Å²) in [6, 6.07) is 16.9. The first-order chi connectivity index (χ1) is 48.4. The Labute approximate surface area is 588 Å². The van der Waals surface area contributed by atoms with E-state index in [1.165, 1.54) is 83.5 Å². The number of carbonyl (C=O) groups is 2. The molecule has 0 atom stereocenters. The number of likely N-dealkylation sites (tertiary alicyclic amines) is 2. The van der Waals surface area contributed by atoms with Gasteiger partial charge in [0.25, 0.3) is 0 Å². The summed E-state index contributed by atoms with van der Waals surface area (Å²) in [7, 11) is 12.5. The van der Waals surface area contributed by atoms with Gasteiger partial charge in [-0.3, -0.25) is 9.80 Å². The Morgan fingerprint density at radius 2 is 0.780 bits per heavy atom. The van der Waals surface area contributed by atoms with Crippen LogP contribution in [0.5, 0.6) is 17.2 Å². The Bertz CT molecular complexity index is 3720. The van der Waals surface area contributed by atoms with Crippen LogP contribution in [0.4, 0.5) is 0 Å². The van der Waals surface area contributed by atoms with E-state index in [1.54, 1.807) is 0 Å². The summed E-state index contributed by atoms with van der Waals surface area (Å²) >= 11 is 0. The fourth-order valence-corrected chi connectivity index (χ4v) is 13.7. The van der Waals surface area contributed by atoms with Crippen molar-refractivity contribution >= 4 is 44.8 Å². The van der Waals surface area contributed by atoms with Gasteiger partial charge in [-0.15, -0.1) is 0 Å². The molecule has 6 aliphatic rings. The lowest BCUT2D eigenvalue weighted by molar-refractivity contribution is -0.134. The minimum atomic E-state index is -1.26. The van der Waals surface area contributed by atoms with Crippen LogP contribution in [-0.4, -0.2) is 174 Å². The van der Waals surface area contributed by atoms with Gasteiger partial charge in [-0.1, -0.05) is 25.8 Å². The molecule has 100 heavy (non-hydrogen) atoms. The molecular formula is C77H107N11O12. The predicted molar refractivity (Wildman–Crippen MR) is 382 cm³/mol. The number of carboxylic acid groups (broad SMARTS) is 2. The molecule has 6 fully saturated rings. The zero-order chi connectivity index (χ0) is 70.1. The smallest absolute Gasteiger partial charge is 0.328 e. The third-order valence-corrected chi connectivity index (χ3v) is 20.0. The summed E-state index contributed by atoms with van der Waals surface area (Å²) in [6.45, 7) is 17.2. The van der Waals surface area contributed by atoms with Gasteiger partial charge in [0.15, 0.2) is 16.7 Å². The Morgan fingerprint density at radius 3 is 1.06 bits per heavy atom. The Balaban J connectivity index is 0.000000144. The number of aromatic nitrogens is 5. The van der Waals surface area contributed by atoms with Gasteiger partial charge in [0.2, 0.25) is 0 Å². The minimum absolute atomic E-state index is 0.558. The molecule has 0 radical (unpaired) electrons. The highest BCUT2D eigenvalue weighted by molar-refractivity contribution is 5.90. The standard InChI is InChI=1S/2C26H36N4O3.C21H31N3O2.C4H4O4/c2*1-18-14-21(27-32-18)15-30-12-10-19(11-13-30)6-8-24-22-7-9-25(31-17-20-4-5-20)23(16-29(2)3)26(22)33-28-24;1-24(2)13-18-20(25-14-16-3-4-16)8-6-17-19(23-26-21(17)18)7-5-15-9-11-22-12-10-15;5-3(6)1-2-4(7)8/h2*7,9,14,19-20H,4-6,8,10-13,15-17H2,1-3H3;6,8,15-16,22H,3-5,7,9-14H2,1-2H3;1-2H,(H,5,6)(H,7,8)/b;;;2-1+. The van der Waals surface area contributed by atoms with Crippen molar-refractivity contribution in [3.05, 3.63) is 117 Å². The molecule has 5 aromatic heterocycles. The summed E-state index contributed by atoms with van der Waals surface area (Å²) in [5.41, 5.74) is 11.4. The molecular weight excluding hydrogens is 1270 g/mol. The Hall–Kier alpha value is -7.67. The summed E-state index contributed by atoms with van der Waals surface area (Å²) in [6.07, 6.45) is 22.7. The zero-order valence-corrected chi connectivity index (χ0v) is 60.3. The quantitative estimate of drug-likeness (QED) is 0.0353. The second-order valence-corrected chi connectivity index (χ2v) is 29.7. The van der Waals surface area contributed by atoms with Gasteiger partial charge >= 0.3 is 11.9 Å². The van der Waals surface area contributed by atoms with Crippen LogP contribution in [0.1, 0.15) is 153 Å². The summed E-state index contributed by atoms with van der Waals surface area (Å²) in [5.74, 6) is 6.57. The number of carboxylic acids is 2. The second kappa shape index (κ2) is 35.8. The van der Waals surface area contributed by atoms with E-state index in [0.717, 1.165) is 266 Å². The third kappa shape index (κ3) is 22.2. The summed E-state index contributed by atoms with van der Waals surface area (Å²) < 4.78 is 46.4. The number of fused-ring (bicyclic) bond motifs is 3. The number of hydrogen-bond donors (Lipinski definition) is 3. The van der Waals surface area contributed by atoms with E-state index in [9.17, 15) is 9.59 Å². The van der Waals surface area contributed by atoms with Gasteiger partial charge < -0.3 is 67.1 Å². The van der Waals surface area contributed by atoms with Crippen molar-refractivity contribution in [2.45, 2.75) is 162 Å². The van der Waals surface area contributed by atoms with Gasteiger partial charge in [0.1, 0.15) is 28.8 Å². The van der Waals surface area contributed by atoms with Crippen molar-refractivity contribution in [3.8, 4) is 17.2 Å². The SMILES string of the molecule is CN(C)Cc1c(OCC2CC2)ccc2c(CCC3CCNCC3)noc12.Cc1cc(CN2CCC(CCc3noc4c(CN(C)C)c(OCC5CC5)ccc34)CC2)no1.Cc1cc(CN2CCC(CCc3noc4c(CN(C)C)c(OCC5CC5)ccc34)CC2)no1.O=C(O)/C=C/C(=O)O. The zero-order valence-electron chi connectivity index (χ0n) is 60.3. The van der Waals surface area contributed by atoms with Crippen molar-refractivity contribution in [1.82, 2.24) is 55.6 Å². The molecule has 3 N–H and O–H groups in total. The highest BCUT2D eigenvalue weighted by Crippen LogP contribution is 2.39. The highest BCUT2D eigenvalue weighted by Gasteiger charge is 2.29. The molecule has 0 amide bonds. The van der Waals surface area contributed by atoms with Gasteiger partial charge in [0.05, 0.1) is 65.0 Å². The van der Waals surface area contributed by atoms with Crippen LogP contribution in [0.15, 0.2) is 83.3 Å². The minimum Gasteiger partial charge on any atom is -0.493 e. The predicted octanol–water partition coefficient (Wildman–Crippen LogP) is 13.0. The molecule has 23 nitrogen and oxygen atoms in total. The fourth-order valence-electron chi connectivity index (χ4n) is 13.7. The van der Waals surface area contributed by atoms with E-state index in [-0.39, 0.29) is 0 Å². The molecule has 3 aromatic carbocycles. The number of ether oxygens (including phenoxy) is 3. The molecule has 0 unspecified atom stereocenters. The number of hydrogen-bond acceptors (Lipinski definition) is 21. The fraction of sp³-hybridized carbons (Fsp3) is 0.597.